The quantitative estimate of drug-likeness (QED) is 0.325. The molecule has 0 aliphatic carbocycles. The number of likely N-dealkylation sites (tertiary alicyclic amines) is 1. The smallest absolute Gasteiger partial charge is 0.295 e. The summed E-state index contributed by atoms with van der Waals surface area (Å²) in [5.41, 5.74) is 0.985. The van der Waals surface area contributed by atoms with Gasteiger partial charge in [-0.3, -0.25) is 14.6 Å². The monoisotopic (exact) mass is 446 g/mol. The van der Waals surface area contributed by atoms with Crippen molar-refractivity contribution in [2.24, 2.45) is 0 Å². The first-order valence-electron chi connectivity index (χ1n) is 10.7. The van der Waals surface area contributed by atoms with E-state index in [9.17, 15) is 19.1 Å². The van der Waals surface area contributed by atoms with Crippen molar-refractivity contribution in [1.82, 2.24) is 9.88 Å². The van der Waals surface area contributed by atoms with Crippen LogP contribution in [0.4, 0.5) is 4.39 Å². The molecule has 6 nitrogen and oxygen atoms in total. The molecular weight excluding hydrogens is 423 g/mol. The van der Waals surface area contributed by atoms with Crippen LogP contribution in [-0.2, 0) is 16.1 Å². The van der Waals surface area contributed by atoms with Crippen LogP contribution in [0.25, 0.3) is 5.76 Å². The predicted molar refractivity (Wildman–Crippen MR) is 121 cm³/mol. The molecule has 3 aromatic rings. The second-order valence-electron chi connectivity index (χ2n) is 7.68. The largest absolute Gasteiger partial charge is 0.507 e. The normalized spacial score (nSPS) is 17.4. The van der Waals surface area contributed by atoms with E-state index in [1.54, 1.807) is 54.9 Å². The number of pyridine rings is 1. The molecule has 0 bridgehead atoms. The van der Waals surface area contributed by atoms with Gasteiger partial charge in [-0.1, -0.05) is 31.2 Å². The van der Waals surface area contributed by atoms with Crippen LogP contribution in [-0.4, -0.2) is 33.3 Å². The molecule has 1 aliphatic heterocycles. The van der Waals surface area contributed by atoms with Gasteiger partial charge in [0.2, 0.25) is 0 Å². The number of carbonyl (C=O) groups is 2. The van der Waals surface area contributed by atoms with Gasteiger partial charge in [0.15, 0.2) is 0 Å². The van der Waals surface area contributed by atoms with E-state index in [0.717, 1.165) is 6.42 Å². The summed E-state index contributed by atoms with van der Waals surface area (Å²) in [6, 6.07) is 14.9. The number of aliphatic hydroxyl groups is 1. The van der Waals surface area contributed by atoms with Crippen LogP contribution in [0, 0.1) is 5.82 Å². The minimum Gasteiger partial charge on any atom is -0.507 e. The Kier molecular flexibility index (Phi) is 6.49. The summed E-state index contributed by atoms with van der Waals surface area (Å²) >= 11 is 0. The van der Waals surface area contributed by atoms with Crippen molar-refractivity contribution >= 4 is 17.4 Å². The Morgan fingerprint density at radius 3 is 2.52 bits per heavy atom. The van der Waals surface area contributed by atoms with Gasteiger partial charge < -0.3 is 14.7 Å². The lowest BCUT2D eigenvalue weighted by atomic mass is 9.94. The van der Waals surface area contributed by atoms with Gasteiger partial charge >= 0.3 is 0 Å². The number of carbonyl (C=O) groups excluding carboxylic acids is 2. The van der Waals surface area contributed by atoms with Gasteiger partial charge in [-0.25, -0.2) is 4.39 Å². The molecule has 1 aromatic heterocycles. The Bertz CT molecular complexity index is 1190. The molecule has 2 heterocycles. The molecule has 1 aliphatic rings. The first-order valence-corrected chi connectivity index (χ1v) is 10.7. The lowest BCUT2D eigenvalue weighted by Gasteiger charge is -2.25. The minimum atomic E-state index is -1.08. The van der Waals surface area contributed by atoms with Crippen molar-refractivity contribution in [2.75, 3.05) is 6.61 Å². The zero-order valence-electron chi connectivity index (χ0n) is 18.1. The molecule has 0 unspecified atom stereocenters. The highest BCUT2D eigenvalue weighted by molar-refractivity contribution is 6.46. The lowest BCUT2D eigenvalue weighted by Crippen LogP contribution is -2.29. The van der Waals surface area contributed by atoms with E-state index in [0.29, 0.717) is 23.5 Å². The molecule has 2 aromatic carbocycles. The summed E-state index contributed by atoms with van der Waals surface area (Å²) in [6.07, 6.45) is 4.03. The van der Waals surface area contributed by atoms with Crippen molar-refractivity contribution in [1.29, 1.82) is 0 Å². The molecule has 0 spiro atoms. The minimum absolute atomic E-state index is 0.0397. The maximum atomic E-state index is 14.8. The fraction of sp³-hybridized carbons (Fsp3) is 0.192. The molecule has 1 N–H and O–H groups in total. The average molecular weight is 446 g/mol. The Labute approximate surface area is 191 Å². The van der Waals surface area contributed by atoms with Gasteiger partial charge in [-0.05, 0) is 48.4 Å². The maximum Gasteiger partial charge on any atom is 0.295 e. The van der Waals surface area contributed by atoms with Crippen molar-refractivity contribution in [2.45, 2.75) is 25.9 Å². The number of aliphatic hydroxyl groups excluding tert-OH is 1. The third kappa shape index (κ3) is 4.48. The van der Waals surface area contributed by atoms with Crippen LogP contribution >= 0.6 is 0 Å². The Morgan fingerprint density at radius 2 is 1.85 bits per heavy atom. The zero-order valence-corrected chi connectivity index (χ0v) is 18.1. The first-order chi connectivity index (χ1) is 16.0. The Balaban J connectivity index is 1.80. The molecule has 0 saturated carbocycles. The number of amides is 1. The second kappa shape index (κ2) is 9.65. The third-order valence-electron chi connectivity index (χ3n) is 5.42. The van der Waals surface area contributed by atoms with E-state index < -0.39 is 23.5 Å². The number of aromatic nitrogens is 1. The summed E-state index contributed by atoms with van der Waals surface area (Å²) in [4.78, 5) is 31.4. The molecule has 1 saturated heterocycles. The number of ether oxygens (including phenoxy) is 1. The van der Waals surface area contributed by atoms with E-state index in [1.807, 2.05) is 6.92 Å². The number of nitrogens with zero attached hydrogens (tertiary/aromatic N) is 2. The highest BCUT2D eigenvalue weighted by Gasteiger charge is 2.46. The van der Waals surface area contributed by atoms with Crippen molar-refractivity contribution in [3.05, 3.63) is 101 Å². The summed E-state index contributed by atoms with van der Waals surface area (Å²) in [5.74, 6) is -1.99. The Morgan fingerprint density at radius 1 is 1.09 bits per heavy atom. The topological polar surface area (TPSA) is 79.7 Å². The fourth-order valence-corrected chi connectivity index (χ4v) is 3.84. The summed E-state index contributed by atoms with van der Waals surface area (Å²) in [7, 11) is 0. The number of Topliss-reactive ketones (excluding diaryl/α,β-unsaturated/α-hetero) is 1. The van der Waals surface area contributed by atoms with Crippen molar-refractivity contribution in [3.63, 3.8) is 0 Å². The van der Waals surface area contributed by atoms with E-state index in [1.165, 1.54) is 23.1 Å². The van der Waals surface area contributed by atoms with Crippen molar-refractivity contribution in [3.8, 4) is 5.75 Å². The number of benzene rings is 2. The molecule has 1 atom stereocenters. The zero-order chi connectivity index (χ0) is 23.4. The van der Waals surface area contributed by atoms with Crippen LogP contribution in [0.15, 0.2) is 78.6 Å². The van der Waals surface area contributed by atoms with Gasteiger partial charge in [0.25, 0.3) is 11.7 Å². The molecule has 33 heavy (non-hydrogen) atoms. The van der Waals surface area contributed by atoms with E-state index in [2.05, 4.69) is 4.98 Å². The highest BCUT2D eigenvalue weighted by atomic mass is 19.1. The Hall–Kier alpha value is -4.00. The number of ketones is 1. The molecule has 1 fully saturated rings. The van der Waals surface area contributed by atoms with Gasteiger partial charge in [0.05, 0.1) is 18.2 Å². The molecule has 7 heteroatoms. The molecule has 0 radical (unpaired) electrons. The summed E-state index contributed by atoms with van der Waals surface area (Å²) in [6.45, 7) is 2.59. The fourth-order valence-electron chi connectivity index (χ4n) is 3.84. The van der Waals surface area contributed by atoms with E-state index in [4.69, 9.17) is 4.74 Å². The SMILES string of the molecule is CCCOc1ccc(C(O)=C2C(=O)C(=O)N(Cc3cccnc3)[C@H]2c2ccccc2F)cc1. The second-order valence-corrected chi connectivity index (χ2v) is 7.68. The molecule has 1 amide bonds. The number of hydrogen-bond donors (Lipinski definition) is 1. The van der Waals surface area contributed by atoms with Crippen LogP contribution < -0.4 is 4.74 Å². The highest BCUT2D eigenvalue weighted by Crippen LogP contribution is 2.41. The first kappa shape index (κ1) is 22.2. The number of hydrogen-bond acceptors (Lipinski definition) is 5. The summed E-state index contributed by atoms with van der Waals surface area (Å²) in [5, 5.41) is 11.1. The van der Waals surface area contributed by atoms with Crippen molar-refractivity contribution < 1.29 is 23.8 Å². The van der Waals surface area contributed by atoms with Gasteiger partial charge in [0, 0.05) is 30.1 Å². The van der Waals surface area contributed by atoms with Crippen LogP contribution in [0.1, 0.15) is 36.1 Å². The third-order valence-corrected chi connectivity index (χ3v) is 5.42. The lowest BCUT2D eigenvalue weighted by molar-refractivity contribution is -0.140. The average Bonchev–Trinajstić information content (AvgIpc) is 3.08. The molecule has 4 rings (SSSR count). The standard InChI is InChI=1S/C26H23FN2O4/c1-2-14-33-19-11-9-18(10-12-19)24(30)22-23(20-7-3-4-8-21(20)27)29(26(32)25(22)31)16-17-6-5-13-28-15-17/h3-13,15,23,30H,2,14,16H2,1H3/t23-/m0/s1. The van der Waals surface area contributed by atoms with E-state index >= 15 is 0 Å². The van der Waals surface area contributed by atoms with Gasteiger partial charge in [0.1, 0.15) is 17.3 Å². The predicted octanol–water partition coefficient (Wildman–Crippen LogP) is 4.63. The van der Waals surface area contributed by atoms with Crippen LogP contribution in [0.2, 0.25) is 0 Å². The maximum absolute atomic E-state index is 14.8. The van der Waals surface area contributed by atoms with Crippen LogP contribution in [0.3, 0.4) is 0 Å². The molecule has 168 valence electrons. The summed E-state index contributed by atoms with van der Waals surface area (Å²) < 4.78 is 20.4. The number of halogens is 1. The van der Waals surface area contributed by atoms with Gasteiger partial charge in [-0.2, -0.15) is 0 Å². The van der Waals surface area contributed by atoms with Gasteiger partial charge in [-0.15, -0.1) is 0 Å². The van der Waals surface area contributed by atoms with Crippen LogP contribution in [0.5, 0.6) is 5.75 Å². The molecular formula is C26H23FN2O4. The number of rotatable bonds is 7. The van der Waals surface area contributed by atoms with E-state index in [-0.39, 0.29) is 23.4 Å².